The molecule has 2 aromatic rings. The van der Waals surface area contributed by atoms with E-state index in [0.717, 1.165) is 4.90 Å². The quantitative estimate of drug-likeness (QED) is 0.656. The molecular weight excluding hydrogens is 336 g/mol. The Morgan fingerprint density at radius 1 is 1.09 bits per heavy atom. The summed E-state index contributed by atoms with van der Waals surface area (Å²) < 4.78 is 5.21. The van der Waals surface area contributed by atoms with Gasteiger partial charge in [-0.25, -0.2) is 0 Å². The number of ether oxygens (including phenoxy) is 1. The van der Waals surface area contributed by atoms with E-state index >= 15 is 0 Å². The molecule has 2 rings (SSSR count). The number of hydrogen-bond acceptors (Lipinski definition) is 4. The van der Waals surface area contributed by atoms with Crippen molar-refractivity contribution in [3.63, 3.8) is 0 Å². The summed E-state index contributed by atoms with van der Waals surface area (Å²) in [7, 11) is 1.49. The van der Waals surface area contributed by atoms with Crippen LogP contribution in [0, 0.1) is 0 Å². The van der Waals surface area contributed by atoms with Crippen LogP contribution in [0.1, 0.15) is 20.7 Å². The molecule has 0 spiro atoms. The molecule has 2 N–H and O–H groups in total. The Bertz CT molecular complexity index is 737. The Labute approximate surface area is 143 Å². The van der Waals surface area contributed by atoms with Gasteiger partial charge in [0.1, 0.15) is 5.75 Å². The van der Waals surface area contributed by atoms with Gasteiger partial charge in [-0.05, 0) is 42.7 Å². The lowest BCUT2D eigenvalue weighted by Crippen LogP contribution is -2.41. The zero-order chi connectivity index (χ0) is 16.8. The summed E-state index contributed by atoms with van der Waals surface area (Å²) in [5.41, 5.74) is 5.39. The second-order valence-corrected chi connectivity index (χ2v) is 5.80. The third kappa shape index (κ3) is 4.40. The van der Waals surface area contributed by atoms with Crippen molar-refractivity contribution in [2.75, 3.05) is 13.4 Å². The van der Waals surface area contributed by atoms with E-state index in [0.29, 0.717) is 21.9 Å². The number of carbonyl (C=O) groups excluding carboxylic acids is 2. The fraction of sp³-hybridized carbons (Fsp3) is 0.125. The zero-order valence-corrected chi connectivity index (χ0v) is 14.1. The van der Waals surface area contributed by atoms with Gasteiger partial charge >= 0.3 is 0 Å². The molecule has 7 heteroatoms. The van der Waals surface area contributed by atoms with E-state index in [2.05, 4.69) is 10.9 Å². The number of amides is 2. The minimum Gasteiger partial charge on any atom is -0.496 e. The number of hydrogen-bond donors (Lipinski definition) is 2. The fourth-order valence-electron chi connectivity index (χ4n) is 1.87. The van der Waals surface area contributed by atoms with E-state index < -0.39 is 11.8 Å². The monoisotopic (exact) mass is 350 g/mol. The molecule has 0 bridgehead atoms. The van der Waals surface area contributed by atoms with Crippen LogP contribution in [0.2, 0.25) is 5.02 Å². The first-order valence-electron chi connectivity index (χ1n) is 6.63. The van der Waals surface area contributed by atoms with E-state index in [1.54, 1.807) is 48.2 Å². The molecular formula is C16H15ClN2O3S. The second-order valence-electron chi connectivity index (χ2n) is 4.48. The van der Waals surface area contributed by atoms with Gasteiger partial charge in [-0.2, -0.15) is 0 Å². The predicted octanol–water partition coefficient (Wildman–Crippen LogP) is 3.15. The smallest absolute Gasteiger partial charge is 0.273 e. The summed E-state index contributed by atoms with van der Waals surface area (Å²) in [5, 5.41) is 0.443. The Hall–Kier alpha value is -2.18. The van der Waals surface area contributed by atoms with Crippen molar-refractivity contribution >= 4 is 35.2 Å². The summed E-state index contributed by atoms with van der Waals surface area (Å²) in [4.78, 5) is 25.1. The van der Waals surface area contributed by atoms with Crippen molar-refractivity contribution < 1.29 is 14.3 Å². The first-order valence-corrected chi connectivity index (χ1v) is 8.23. The van der Waals surface area contributed by atoms with E-state index in [1.807, 2.05) is 6.26 Å². The number of carbonyl (C=O) groups is 2. The highest BCUT2D eigenvalue weighted by atomic mass is 35.5. The number of rotatable bonds is 4. The molecule has 23 heavy (non-hydrogen) atoms. The van der Waals surface area contributed by atoms with E-state index in [1.165, 1.54) is 13.2 Å². The molecule has 0 saturated heterocycles. The molecule has 0 atom stereocenters. The number of hydrazine groups is 1. The Morgan fingerprint density at radius 2 is 1.83 bits per heavy atom. The second kappa shape index (κ2) is 7.89. The highest BCUT2D eigenvalue weighted by molar-refractivity contribution is 7.98. The molecule has 0 unspecified atom stereocenters. The van der Waals surface area contributed by atoms with Gasteiger partial charge < -0.3 is 4.74 Å². The van der Waals surface area contributed by atoms with Gasteiger partial charge in [-0.1, -0.05) is 17.7 Å². The molecule has 0 aliphatic heterocycles. The number of halogens is 1. The van der Waals surface area contributed by atoms with Crippen molar-refractivity contribution in [3.05, 3.63) is 58.6 Å². The van der Waals surface area contributed by atoms with Crippen molar-refractivity contribution in [2.45, 2.75) is 4.90 Å². The number of benzene rings is 2. The SMILES string of the molecule is COc1cc(SC)ccc1C(=O)NNC(=O)c1cccc(Cl)c1. The van der Waals surface area contributed by atoms with Crippen molar-refractivity contribution in [3.8, 4) is 5.75 Å². The van der Waals surface area contributed by atoms with Crippen LogP contribution in [0.25, 0.3) is 0 Å². The lowest BCUT2D eigenvalue weighted by molar-refractivity contribution is 0.0845. The van der Waals surface area contributed by atoms with Crippen LogP contribution in [0.3, 0.4) is 0 Å². The third-order valence-electron chi connectivity index (χ3n) is 3.03. The van der Waals surface area contributed by atoms with Gasteiger partial charge in [0.05, 0.1) is 12.7 Å². The normalized spacial score (nSPS) is 10.0. The molecule has 5 nitrogen and oxygen atoms in total. The van der Waals surface area contributed by atoms with Crippen LogP contribution >= 0.6 is 23.4 Å². The highest BCUT2D eigenvalue weighted by Crippen LogP contribution is 2.25. The number of thioether (sulfide) groups is 1. The summed E-state index contributed by atoms with van der Waals surface area (Å²) in [5.74, 6) is -0.489. The molecule has 0 aromatic heterocycles. The van der Waals surface area contributed by atoms with Crippen LogP contribution in [-0.4, -0.2) is 25.2 Å². The summed E-state index contributed by atoms with van der Waals surface area (Å²) in [6.45, 7) is 0. The maximum atomic E-state index is 12.2. The van der Waals surface area contributed by atoms with Crippen LogP contribution in [0.4, 0.5) is 0 Å². The standard InChI is InChI=1S/C16H15ClN2O3S/c1-22-14-9-12(23-2)6-7-13(14)16(21)19-18-15(20)10-4-3-5-11(17)8-10/h3-9H,1-2H3,(H,18,20)(H,19,21). The molecule has 120 valence electrons. The topological polar surface area (TPSA) is 67.4 Å². The fourth-order valence-corrected chi connectivity index (χ4v) is 2.49. The van der Waals surface area contributed by atoms with E-state index in [-0.39, 0.29) is 0 Å². The van der Waals surface area contributed by atoms with Gasteiger partial charge in [-0.15, -0.1) is 11.8 Å². The van der Waals surface area contributed by atoms with Crippen LogP contribution in [0.15, 0.2) is 47.4 Å². The minimum atomic E-state index is -0.468. The molecule has 0 saturated carbocycles. The lowest BCUT2D eigenvalue weighted by atomic mass is 10.2. The van der Waals surface area contributed by atoms with Gasteiger partial charge in [0.15, 0.2) is 0 Å². The molecule has 0 aliphatic carbocycles. The van der Waals surface area contributed by atoms with Gasteiger partial charge in [0.2, 0.25) is 0 Å². The van der Waals surface area contributed by atoms with Crippen LogP contribution < -0.4 is 15.6 Å². The summed E-state index contributed by atoms with van der Waals surface area (Å²) in [6.07, 6.45) is 1.93. The van der Waals surface area contributed by atoms with E-state index in [9.17, 15) is 9.59 Å². The summed E-state index contributed by atoms with van der Waals surface area (Å²) >= 11 is 7.37. The van der Waals surface area contributed by atoms with Gasteiger partial charge in [-0.3, -0.25) is 20.4 Å². The van der Waals surface area contributed by atoms with Crippen molar-refractivity contribution in [2.24, 2.45) is 0 Å². The zero-order valence-electron chi connectivity index (χ0n) is 12.6. The first kappa shape index (κ1) is 17.2. The predicted molar refractivity (Wildman–Crippen MR) is 91.2 cm³/mol. The molecule has 2 aromatic carbocycles. The third-order valence-corrected chi connectivity index (χ3v) is 3.99. The Morgan fingerprint density at radius 3 is 2.48 bits per heavy atom. The van der Waals surface area contributed by atoms with Crippen molar-refractivity contribution in [1.82, 2.24) is 10.9 Å². The maximum absolute atomic E-state index is 12.2. The average molecular weight is 351 g/mol. The maximum Gasteiger partial charge on any atom is 0.273 e. The Kier molecular flexibility index (Phi) is 5.90. The average Bonchev–Trinajstić information content (AvgIpc) is 2.58. The van der Waals surface area contributed by atoms with E-state index in [4.69, 9.17) is 16.3 Å². The first-order chi connectivity index (χ1) is 11.0. The molecule has 2 amide bonds. The molecule has 0 fully saturated rings. The highest BCUT2D eigenvalue weighted by Gasteiger charge is 2.14. The van der Waals surface area contributed by atoms with Crippen molar-refractivity contribution in [1.29, 1.82) is 0 Å². The number of nitrogens with one attached hydrogen (secondary N) is 2. The molecule has 0 heterocycles. The minimum absolute atomic E-state index is 0.330. The van der Waals surface area contributed by atoms with Crippen LogP contribution in [0.5, 0.6) is 5.75 Å². The van der Waals surface area contributed by atoms with Crippen LogP contribution in [-0.2, 0) is 0 Å². The largest absolute Gasteiger partial charge is 0.496 e. The molecule has 0 radical (unpaired) electrons. The number of methoxy groups -OCH3 is 1. The Balaban J connectivity index is 2.06. The molecule has 0 aliphatic rings. The lowest BCUT2D eigenvalue weighted by Gasteiger charge is -2.11. The summed E-state index contributed by atoms with van der Waals surface area (Å²) in [6, 6.07) is 11.6. The van der Waals surface area contributed by atoms with Gasteiger partial charge in [0, 0.05) is 15.5 Å². The van der Waals surface area contributed by atoms with Gasteiger partial charge in [0.25, 0.3) is 11.8 Å².